The molecule has 0 aromatic carbocycles. The van der Waals surface area contributed by atoms with Gasteiger partial charge in [-0.2, -0.15) is 0 Å². The molecular weight excluding hydrogens is 322 g/mol. The second-order valence-corrected chi connectivity index (χ2v) is 6.64. The highest BCUT2D eigenvalue weighted by atomic mass is 79.9. The number of nitrogens with zero attached hydrogens (tertiary/aromatic N) is 1. The quantitative estimate of drug-likeness (QED) is 0.810. The molecule has 3 heterocycles. The lowest BCUT2D eigenvalue weighted by Gasteiger charge is -2.35. The van der Waals surface area contributed by atoms with Crippen molar-refractivity contribution in [3.63, 3.8) is 0 Å². The van der Waals surface area contributed by atoms with Crippen molar-refractivity contribution in [3.05, 3.63) is 15.9 Å². The SMILES string of the molecule is CN1[C@@H]2CC[C@H]1C[C@H](Oc1cc(Br)cs1)C2.Cl. The van der Waals surface area contributed by atoms with E-state index in [9.17, 15) is 0 Å². The summed E-state index contributed by atoms with van der Waals surface area (Å²) < 4.78 is 7.20. The second-order valence-electron chi connectivity index (χ2n) is 4.85. The van der Waals surface area contributed by atoms with Crippen LogP contribution in [0.3, 0.4) is 0 Å². The summed E-state index contributed by atoms with van der Waals surface area (Å²) in [6, 6.07) is 3.59. The van der Waals surface area contributed by atoms with Crippen LogP contribution in [0.5, 0.6) is 5.06 Å². The first-order chi connectivity index (χ1) is 7.72. The summed E-state index contributed by atoms with van der Waals surface area (Å²) in [5.74, 6) is 0. The molecular formula is C12H17BrClNOS. The van der Waals surface area contributed by atoms with Gasteiger partial charge in [0.2, 0.25) is 0 Å². The predicted octanol–water partition coefficient (Wildman–Crippen LogP) is 3.94. The Morgan fingerprint density at radius 1 is 1.35 bits per heavy atom. The average molecular weight is 339 g/mol. The minimum atomic E-state index is 0. The van der Waals surface area contributed by atoms with Crippen LogP contribution in [0.1, 0.15) is 25.7 Å². The molecule has 3 atom stereocenters. The Balaban J connectivity index is 0.00000108. The zero-order valence-corrected chi connectivity index (χ0v) is 13.0. The van der Waals surface area contributed by atoms with Crippen LogP contribution < -0.4 is 4.74 Å². The molecule has 1 aromatic rings. The molecule has 2 bridgehead atoms. The van der Waals surface area contributed by atoms with Crippen LogP contribution in [0.25, 0.3) is 0 Å². The molecule has 2 saturated heterocycles. The van der Waals surface area contributed by atoms with E-state index < -0.39 is 0 Å². The molecule has 96 valence electrons. The minimum absolute atomic E-state index is 0. The van der Waals surface area contributed by atoms with E-state index >= 15 is 0 Å². The van der Waals surface area contributed by atoms with Crippen LogP contribution in [-0.2, 0) is 0 Å². The number of piperidine rings is 1. The van der Waals surface area contributed by atoms with Gasteiger partial charge in [-0.25, -0.2) is 0 Å². The Hall–Kier alpha value is 0.230. The molecule has 0 saturated carbocycles. The number of fused-ring (bicyclic) bond motifs is 2. The average Bonchev–Trinajstić information content (AvgIpc) is 2.72. The van der Waals surface area contributed by atoms with E-state index in [1.54, 1.807) is 11.3 Å². The third-order valence-corrected chi connectivity index (χ3v) is 5.46. The Bertz CT molecular complexity index is 372. The van der Waals surface area contributed by atoms with E-state index in [-0.39, 0.29) is 12.4 Å². The van der Waals surface area contributed by atoms with Crippen molar-refractivity contribution in [2.24, 2.45) is 0 Å². The normalized spacial score (nSPS) is 32.2. The van der Waals surface area contributed by atoms with Crippen molar-refractivity contribution in [3.8, 4) is 5.06 Å². The highest BCUT2D eigenvalue weighted by Gasteiger charge is 2.39. The number of hydrogen-bond acceptors (Lipinski definition) is 3. The van der Waals surface area contributed by atoms with Gasteiger partial charge in [0.15, 0.2) is 5.06 Å². The summed E-state index contributed by atoms with van der Waals surface area (Å²) in [4.78, 5) is 2.55. The largest absolute Gasteiger partial charge is 0.481 e. The third kappa shape index (κ3) is 2.80. The van der Waals surface area contributed by atoms with Crippen molar-refractivity contribution in [2.75, 3.05) is 7.05 Å². The second kappa shape index (κ2) is 5.47. The number of rotatable bonds is 2. The van der Waals surface area contributed by atoms with E-state index in [0.717, 1.165) is 21.6 Å². The Morgan fingerprint density at radius 2 is 2.00 bits per heavy atom. The Kier molecular flexibility index (Phi) is 4.40. The van der Waals surface area contributed by atoms with E-state index in [0.29, 0.717) is 6.10 Å². The standard InChI is InChI=1S/C12H16BrNOS.ClH/c1-14-9-2-3-10(14)6-11(5-9)15-12-4-8(13)7-16-12;/h4,7,9-11H,2-3,5-6H2,1H3;1H/t9-,10+,11-;. The summed E-state index contributed by atoms with van der Waals surface area (Å²) in [7, 11) is 2.26. The van der Waals surface area contributed by atoms with Gasteiger partial charge in [0.1, 0.15) is 6.10 Å². The summed E-state index contributed by atoms with van der Waals surface area (Å²) in [6.45, 7) is 0. The summed E-state index contributed by atoms with van der Waals surface area (Å²) >= 11 is 5.15. The third-order valence-electron chi connectivity index (χ3n) is 3.88. The van der Waals surface area contributed by atoms with Gasteiger partial charge in [-0.15, -0.1) is 23.7 Å². The lowest BCUT2D eigenvalue weighted by atomic mass is 10.0. The first-order valence-electron chi connectivity index (χ1n) is 5.85. The highest BCUT2D eigenvalue weighted by molar-refractivity contribution is 9.10. The molecule has 2 nitrogen and oxygen atoms in total. The van der Waals surface area contributed by atoms with Crippen LogP contribution in [0.2, 0.25) is 0 Å². The fraction of sp³-hybridized carbons (Fsp3) is 0.667. The van der Waals surface area contributed by atoms with Crippen molar-refractivity contribution in [2.45, 2.75) is 43.9 Å². The van der Waals surface area contributed by atoms with Crippen LogP contribution in [0.15, 0.2) is 15.9 Å². The molecule has 2 aliphatic heterocycles. The molecule has 0 radical (unpaired) electrons. The molecule has 0 amide bonds. The maximum Gasteiger partial charge on any atom is 0.175 e. The first-order valence-corrected chi connectivity index (χ1v) is 7.52. The van der Waals surface area contributed by atoms with Crippen LogP contribution in [-0.4, -0.2) is 30.1 Å². The van der Waals surface area contributed by atoms with Gasteiger partial charge in [-0.05, 0) is 48.7 Å². The fourth-order valence-electron chi connectivity index (χ4n) is 2.98. The minimum Gasteiger partial charge on any atom is -0.481 e. The smallest absolute Gasteiger partial charge is 0.175 e. The summed E-state index contributed by atoms with van der Waals surface area (Å²) in [5, 5.41) is 3.14. The summed E-state index contributed by atoms with van der Waals surface area (Å²) in [5.41, 5.74) is 0. The molecule has 17 heavy (non-hydrogen) atoms. The zero-order chi connectivity index (χ0) is 11.1. The van der Waals surface area contributed by atoms with Gasteiger partial charge in [-0.1, -0.05) is 0 Å². The Morgan fingerprint density at radius 3 is 2.53 bits per heavy atom. The molecule has 0 N–H and O–H groups in total. The number of halogens is 2. The molecule has 0 aliphatic carbocycles. The first kappa shape index (κ1) is 13.7. The van der Waals surface area contributed by atoms with Crippen LogP contribution >= 0.6 is 39.7 Å². The lowest BCUT2D eigenvalue weighted by Crippen LogP contribution is -2.43. The maximum absolute atomic E-state index is 6.07. The van der Waals surface area contributed by atoms with Gasteiger partial charge < -0.3 is 9.64 Å². The van der Waals surface area contributed by atoms with Gasteiger partial charge in [0.25, 0.3) is 0 Å². The number of ether oxygens (including phenoxy) is 1. The fourth-order valence-corrected chi connectivity index (χ4v) is 4.30. The molecule has 0 unspecified atom stereocenters. The van der Waals surface area contributed by atoms with Crippen LogP contribution in [0, 0.1) is 0 Å². The van der Waals surface area contributed by atoms with Gasteiger partial charge in [0.05, 0.1) is 0 Å². The van der Waals surface area contributed by atoms with Crippen molar-refractivity contribution in [1.29, 1.82) is 0 Å². The molecule has 5 heteroatoms. The topological polar surface area (TPSA) is 12.5 Å². The molecule has 1 aromatic heterocycles. The molecule has 3 rings (SSSR count). The maximum atomic E-state index is 6.07. The van der Waals surface area contributed by atoms with E-state index in [1.807, 2.05) is 0 Å². The van der Waals surface area contributed by atoms with E-state index in [1.165, 1.54) is 25.7 Å². The predicted molar refractivity (Wildman–Crippen MR) is 77.5 cm³/mol. The molecule has 2 fully saturated rings. The monoisotopic (exact) mass is 337 g/mol. The molecule has 2 aliphatic rings. The number of hydrogen-bond donors (Lipinski definition) is 0. The number of thiophene rings is 1. The Labute approximate surface area is 121 Å². The van der Waals surface area contributed by atoms with Crippen LogP contribution in [0.4, 0.5) is 0 Å². The summed E-state index contributed by atoms with van der Waals surface area (Å²) in [6.07, 6.45) is 5.54. The van der Waals surface area contributed by atoms with Crippen molar-refractivity contribution in [1.82, 2.24) is 4.90 Å². The lowest BCUT2D eigenvalue weighted by molar-refractivity contribution is 0.0685. The van der Waals surface area contributed by atoms with Gasteiger partial charge >= 0.3 is 0 Å². The van der Waals surface area contributed by atoms with Gasteiger partial charge in [-0.3, -0.25) is 0 Å². The highest BCUT2D eigenvalue weighted by Crippen LogP contribution is 2.37. The van der Waals surface area contributed by atoms with E-state index in [2.05, 4.69) is 39.3 Å². The van der Waals surface area contributed by atoms with Crippen molar-refractivity contribution < 1.29 is 4.74 Å². The van der Waals surface area contributed by atoms with E-state index in [4.69, 9.17) is 4.74 Å². The van der Waals surface area contributed by atoms with Gasteiger partial charge in [0, 0.05) is 28.0 Å². The molecule has 0 spiro atoms. The van der Waals surface area contributed by atoms with Crippen molar-refractivity contribution >= 4 is 39.7 Å². The zero-order valence-electron chi connectivity index (χ0n) is 9.77.